The van der Waals surface area contributed by atoms with E-state index in [-0.39, 0.29) is 11.0 Å². The average Bonchev–Trinajstić information content (AvgIpc) is 2.36. The highest BCUT2D eigenvalue weighted by Gasteiger charge is 2.11. The summed E-state index contributed by atoms with van der Waals surface area (Å²) in [6.07, 6.45) is 2.65. The van der Waals surface area contributed by atoms with Gasteiger partial charge in [-0.1, -0.05) is 13.0 Å². The predicted octanol–water partition coefficient (Wildman–Crippen LogP) is 2.90. The molecule has 1 aromatic heterocycles. The Morgan fingerprint density at radius 3 is 2.67 bits per heavy atom. The van der Waals surface area contributed by atoms with Gasteiger partial charge in [-0.15, -0.1) is 0 Å². The zero-order chi connectivity index (χ0) is 13.3. The van der Waals surface area contributed by atoms with Crippen LogP contribution in [-0.4, -0.2) is 4.57 Å². The molecule has 0 aliphatic heterocycles. The van der Waals surface area contributed by atoms with Crippen molar-refractivity contribution in [3.63, 3.8) is 0 Å². The smallest absolute Gasteiger partial charge is 0.207 e. The first-order chi connectivity index (χ1) is 8.60. The van der Waals surface area contributed by atoms with Crippen LogP contribution in [0.2, 0.25) is 0 Å². The zero-order valence-electron chi connectivity index (χ0n) is 10.9. The maximum absolute atomic E-state index is 12.1. The number of benzene rings is 1. The number of nitriles is 1. The van der Waals surface area contributed by atoms with E-state index in [1.165, 1.54) is 0 Å². The van der Waals surface area contributed by atoms with Crippen molar-refractivity contribution in [1.82, 2.24) is 4.57 Å². The molecule has 0 spiro atoms. The molecule has 0 saturated carbocycles. The molecule has 0 saturated heterocycles. The van der Waals surface area contributed by atoms with Gasteiger partial charge >= 0.3 is 0 Å². The Balaban J connectivity index is 2.98. The summed E-state index contributed by atoms with van der Waals surface area (Å²) in [6.45, 7) is 6.96. The van der Waals surface area contributed by atoms with Gasteiger partial charge < -0.3 is 4.57 Å². The van der Waals surface area contributed by atoms with Crippen LogP contribution in [0, 0.1) is 25.2 Å². The van der Waals surface area contributed by atoms with Gasteiger partial charge in [-0.3, -0.25) is 4.79 Å². The summed E-state index contributed by atoms with van der Waals surface area (Å²) in [5, 5.41) is 9.68. The highest BCUT2D eigenvalue weighted by molar-refractivity contribution is 5.84. The highest BCUT2D eigenvalue weighted by atomic mass is 16.1. The van der Waals surface area contributed by atoms with E-state index in [0.717, 1.165) is 29.6 Å². The van der Waals surface area contributed by atoms with E-state index in [0.29, 0.717) is 5.39 Å². The number of fused-ring (bicyclic) bond motifs is 1. The SMILES string of the molecule is CCCn1cc(C#N)c(=O)c2ccc(C)c(C)c21. The summed E-state index contributed by atoms with van der Waals surface area (Å²) < 4.78 is 2.03. The van der Waals surface area contributed by atoms with Crippen molar-refractivity contribution in [2.75, 3.05) is 0 Å². The first-order valence-electron chi connectivity index (χ1n) is 6.13. The van der Waals surface area contributed by atoms with Crippen molar-refractivity contribution < 1.29 is 0 Å². The van der Waals surface area contributed by atoms with Crippen LogP contribution in [0.4, 0.5) is 0 Å². The van der Waals surface area contributed by atoms with Gasteiger partial charge in [0.2, 0.25) is 5.43 Å². The van der Waals surface area contributed by atoms with Crippen LogP contribution in [0.15, 0.2) is 23.1 Å². The van der Waals surface area contributed by atoms with E-state index < -0.39 is 0 Å². The molecule has 2 rings (SSSR count). The lowest BCUT2D eigenvalue weighted by Crippen LogP contribution is -2.14. The number of hydrogen-bond donors (Lipinski definition) is 0. The zero-order valence-corrected chi connectivity index (χ0v) is 10.9. The Bertz CT molecular complexity index is 705. The Kier molecular flexibility index (Phi) is 3.20. The molecular weight excluding hydrogens is 224 g/mol. The fourth-order valence-electron chi connectivity index (χ4n) is 2.28. The molecule has 0 unspecified atom stereocenters. The van der Waals surface area contributed by atoms with Crippen LogP contribution in [0.3, 0.4) is 0 Å². The van der Waals surface area contributed by atoms with Crippen molar-refractivity contribution in [2.24, 2.45) is 0 Å². The molecule has 0 atom stereocenters. The second kappa shape index (κ2) is 4.66. The summed E-state index contributed by atoms with van der Waals surface area (Å²) in [5.41, 5.74) is 3.29. The van der Waals surface area contributed by atoms with E-state index in [9.17, 15) is 4.79 Å². The molecule has 1 heterocycles. The molecule has 0 bridgehead atoms. The molecule has 3 heteroatoms. The molecule has 92 valence electrons. The number of hydrogen-bond acceptors (Lipinski definition) is 2. The topological polar surface area (TPSA) is 45.8 Å². The number of pyridine rings is 1. The summed E-state index contributed by atoms with van der Waals surface area (Å²) in [6, 6.07) is 5.75. The van der Waals surface area contributed by atoms with Crippen LogP contribution in [0.5, 0.6) is 0 Å². The fourth-order valence-corrected chi connectivity index (χ4v) is 2.28. The summed E-state index contributed by atoms with van der Waals surface area (Å²) in [5.74, 6) is 0. The van der Waals surface area contributed by atoms with Crippen molar-refractivity contribution in [3.8, 4) is 6.07 Å². The quantitative estimate of drug-likeness (QED) is 0.810. The summed E-state index contributed by atoms with van der Waals surface area (Å²) in [4.78, 5) is 12.1. The lowest BCUT2D eigenvalue weighted by molar-refractivity contribution is 0.695. The highest BCUT2D eigenvalue weighted by Crippen LogP contribution is 2.20. The number of nitrogens with zero attached hydrogens (tertiary/aromatic N) is 2. The fraction of sp³-hybridized carbons (Fsp3) is 0.333. The minimum Gasteiger partial charge on any atom is -0.346 e. The van der Waals surface area contributed by atoms with Crippen molar-refractivity contribution in [1.29, 1.82) is 5.26 Å². The van der Waals surface area contributed by atoms with Crippen LogP contribution < -0.4 is 5.43 Å². The predicted molar refractivity (Wildman–Crippen MR) is 72.7 cm³/mol. The molecular formula is C15H16N2O. The molecule has 1 aromatic carbocycles. The monoisotopic (exact) mass is 240 g/mol. The summed E-state index contributed by atoms with van der Waals surface area (Å²) in [7, 11) is 0. The van der Waals surface area contributed by atoms with E-state index in [1.54, 1.807) is 6.20 Å². The third-order valence-corrected chi connectivity index (χ3v) is 3.35. The van der Waals surface area contributed by atoms with Crippen LogP contribution in [0.25, 0.3) is 10.9 Å². The second-order valence-electron chi connectivity index (χ2n) is 4.58. The molecule has 3 nitrogen and oxygen atoms in total. The Morgan fingerprint density at radius 1 is 1.33 bits per heavy atom. The van der Waals surface area contributed by atoms with Gasteiger partial charge in [0.1, 0.15) is 11.6 Å². The van der Waals surface area contributed by atoms with Gasteiger partial charge in [-0.05, 0) is 37.5 Å². The largest absolute Gasteiger partial charge is 0.346 e. The van der Waals surface area contributed by atoms with Crippen molar-refractivity contribution in [3.05, 3.63) is 45.2 Å². The van der Waals surface area contributed by atoms with E-state index in [1.807, 2.05) is 36.6 Å². The Labute approximate surface area is 106 Å². The van der Waals surface area contributed by atoms with E-state index >= 15 is 0 Å². The van der Waals surface area contributed by atoms with Gasteiger partial charge in [0, 0.05) is 18.1 Å². The minimum atomic E-state index is -0.164. The maximum atomic E-state index is 12.1. The van der Waals surface area contributed by atoms with Crippen LogP contribution >= 0.6 is 0 Å². The lowest BCUT2D eigenvalue weighted by atomic mass is 10.0. The van der Waals surface area contributed by atoms with Gasteiger partial charge in [0.05, 0.1) is 5.52 Å². The van der Waals surface area contributed by atoms with Crippen LogP contribution in [0.1, 0.15) is 30.0 Å². The Morgan fingerprint density at radius 2 is 2.06 bits per heavy atom. The number of aryl methyl sites for hydroxylation is 3. The third kappa shape index (κ3) is 1.80. The van der Waals surface area contributed by atoms with Gasteiger partial charge in [0.15, 0.2) is 0 Å². The van der Waals surface area contributed by atoms with Crippen LogP contribution in [-0.2, 0) is 6.54 Å². The third-order valence-electron chi connectivity index (χ3n) is 3.35. The first kappa shape index (κ1) is 12.4. The molecule has 0 aliphatic carbocycles. The van der Waals surface area contributed by atoms with Gasteiger partial charge in [0.25, 0.3) is 0 Å². The van der Waals surface area contributed by atoms with E-state index in [2.05, 4.69) is 6.92 Å². The maximum Gasteiger partial charge on any atom is 0.207 e. The van der Waals surface area contributed by atoms with Crippen molar-refractivity contribution >= 4 is 10.9 Å². The molecule has 0 N–H and O–H groups in total. The minimum absolute atomic E-state index is 0.164. The van der Waals surface area contributed by atoms with E-state index in [4.69, 9.17) is 5.26 Å². The van der Waals surface area contributed by atoms with Crippen molar-refractivity contribution in [2.45, 2.75) is 33.7 Å². The standard InChI is InChI=1S/C15H16N2O/c1-4-7-17-9-12(8-16)15(18)13-6-5-10(2)11(3)14(13)17/h5-6,9H,4,7H2,1-3H3. The van der Waals surface area contributed by atoms with Gasteiger partial charge in [-0.2, -0.15) is 5.26 Å². The second-order valence-corrected chi connectivity index (χ2v) is 4.58. The molecule has 18 heavy (non-hydrogen) atoms. The lowest BCUT2D eigenvalue weighted by Gasteiger charge is -2.14. The molecule has 0 amide bonds. The number of rotatable bonds is 2. The number of aromatic nitrogens is 1. The summed E-state index contributed by atoms with van der Waals surface area (Å²) >= 11 is 0. The normalized spacial score (nSPS) is 10.6. The molecule has 0 fully saturated rings. The first-order valence-corrected chi connectivity index (χ1v) is 6.13. The molecule has 2 aromatic rings. The molecule has 0 aliphatic rings. The molecule has 0 radical (unpaired) electrons. The average molecular weight is 240 g/mol. The van der Waals surface area contributed by atoms with Gasteiger partial charge in [-0.25, -0.2) is 0 Å². The Hall–Kier alpha value is -2.08.